The number of halogens is 3. The van der Waals surface area contributed by atoms with Crippen LogP contribution in [0.5, 0.6) is 0 Å². The first-order valence-electron chi connectivity index (χ1n) is 4.84. The summed E-state index contributed by atoms with van der Waals surface area (Å²) in [5.41, 5.74) is 7.99. The molecule has 0 radical (unpaired) electrons. The van der Waals surface area contributed by atoms with Crippen molar-refractivity contribution in [3.8, 4) is 0 Å². The minimum Gasteiger partial charge on any atom is -0.399 e. The van der Waals surface area contributed by atoms with Crippen LogP contribution in [0.3, 0.4) is 0 Å². The quantitative estimate of drug-likeness (QED) is 0.594. The molecule has 0 aromatic heterocycles. The third-order valence-electron chi connectivity index (χ3n) is 2.22. The van der Waals surface area contributed by atoms with Crippen LogP contribution in [-0.4, -0.2) is 0 Å². The number of nitrogens with one attached hydrogen (secondary N) is 1. The zero-order valence-corrected chi connectivity index (χ0v) is 11.8. The normalized spacial score (nSPS) is 10.3. The standard InChI is InChI=1S/C12H9BrCl2N2/c13-9-5-6-10(12(15)11(9)14)17-8-3-1-7(16)2-4-8/h1-6,17H,16H2. The molecule has 0 amide bonds. The topological polar surface area (TPSA) is 38.0 Å². The molecule has 0 saturated heterocycles. The van der Waals surface area contributed by atoms with E-state index in [-0.39, 0.29) is 0 Å². The molecule has 88 valence electrons. The van der Waals surface area contributed by atoms with Crippen LogP contribution in [0.15, 0.2) is 40.9 Å². The van der Waals surface area contributed by atoms with Gasteiger partial charge in [-0.15, -0.1) is 0 Å². The third-order valence-corrected chi connectivity index (χ3v) is 4.00. The lowest BCUT2D eigenvalue weighted by molar-refractivity contribution is 1.53. The molecule has 0 saturated carbocycles. The van der Waals surface area contributed by atoms with E-state index < -0.39 is 0 Å². The summed E-state index contributed by atoms with van der Waals surface area (Å²) in [6.45, 7) is 0. The van der Waals surface area contributed by atoms with Crippen molar-refractivity contribution >= 4 is 56.2 Å². The van der Waals surface area contributed by atoms with E-state index in [9.17, 15) is 0 Å². The van der Waals surface area contributed by atoms with Crippen molar-refractivity contribution in [2.45, 2.75) is 0 Å². The van der Waals surface area contributed by atoms with E-state index in [1.807, 2.05) is 36.4 Å². The Labute approximate surface area is 118 Å². The van der Waals surface area contributed by atoms with E-state index in [4.69, 9.17) is 28.9 Å². The predicted molar refractivity (Wildman–Crippen MR) is 78.3 cm³/mol. The molecular formula is C12H9BrCl2N2. The van der Waals surface area contributed by atoms with E-state index in [1.165, 1.54) is 0 Å². The molecule has 5 heteroatoms. The van der Waals surface area contributed by atoms with Gasteiger partial charge < -0.3 is 11.1 Å². The lowest BCUT2D eigenvalue weighted by Crippen LogP contribution is -1.92. The van der Waals surface area contributed by atoms with Gasteiger partial charge in [0, 0.05) is 15.8 Å². The van der Waals surface area contributed by atoms with Crippen molar-refractivity contribution in [3.05, 3.63) is 50.9 Å². The lowest BCUT2D eigenvalue weighted by Gasteiger charge is -2.10. The van der Waals surface area contributed by atoms with Crippen LogP contribution in [0, 0.1) is 0 Å². The number of anilines is 3. The van der Waals surface area contributed by atoms with Crippen molar-refractivity contribution in [2.75, 3.05) is 11.1 Å². The molecule has 0 unspecified atom stereocenters. The first-order chi connectivity index (χ1) is 8.08. The first kappa shape index (κ1) is 12.6. The average molecular weight is 332 g/mol. The Hall–Kier alpha value is -0.900. The summed E-state index contributed by atoms with van der Waals surface area (Å²) < 4.78 is 0.770. The van der Waals surface area contributed by atoms with E-state index in [2.05, 4.69) is 21.2 Å². The fraction of sp³-hybridized carbons (Fsp3) is 0. The van der Waals surface area contributed by atoms with Gasteiger partial charge in [-0.1, -0.05) is 23.2 Å². The van der Waals surface area contributed by atoms with Crippen LogP contribution >= 0.6 is 39.1 Å². The molecule has 0 bridgehead atoms. The summed E-state index contributed by atoms with van der Waals surface area (Å²) in [6, 6.07) is 11.1. The second-order valence-electron chi connectivity index (χ2n) is 3.47. The molecule has 0 aliphatic rings. The molecule has 0 spiro atoms. The van der Waals surface area contributed by atoms with Crippen LogP contribution in [0.1, 0.15) is 0 Å². The molecule has 0 aliphatic carbocycles. The number of nitrogen functional groups attached to an aromatic ring is 1. The van der Waals surface area contributed by atoms with E-state index in [0.717, 1.165) is 21.5 Å². The van der Waals surface area contributed by atoms with Crippen LogP contribution < -0.4 is 11.1 Å². The number of hydrogen-bond acceptors (Lipinski definition) is 2. The molecule has 0 atom stereocenters. The van der Waals surface area contributed by atoms with Gasteiger partial charge in [-0.05, 0) is 52.3 Å². The number of nitrogens with two attached hydrogens (primary N) is 1. The van der Waals surface area contributed by atoms with Gasteiger partial charge in [-0.2, -0.15) is 0 Å². The number of rotatable bonds is 2. The minimum absolute atomic E-state index is 0.484. The Morgan fingerprint density at radius 1 is 0.941 bits per heavy atom. The van der Waals surface area contributed by atoms with Gasteiger partial charge in [-0.25, -0.2) is 0 Å². The van der Waals surface area contributed by atoms with E-state index in [0.29, 0.717) is 10.0 Å². The Bertz CT molecular complexity index is 541. The predicted octanol–water partition coefficient (Wildman–Crippen LogP) is 5.08. The van der Waals surface area contributed by atoms with E-state index >= 15 is 0 Å². The zero-order valence-electron chi connectivity index (χ0n) is 8.68. The Balaban J connectivity index is 2.30. The van der Waals surface area contributed by atoms with Crippen molar-refractivity contribution in [2.24, 2.45) is 0 Å². The highest BCUT2D eigenvalue weighted by Crippen LogP contribution is 2.37. The minimum atomic E-state index is 0.484. The molecule has 2 aromatic carbocycles. The van der Waals surface area contributed by atoms with Crippen molar-refractivity contribution < 1.29 is 0 Å². The largest absolute Gasteiger partial charge is 0.399 e. The maximum Gasteiger partial charge on any atom is 0.0838 e. The molecular weight excluding hydrogens is 323 g/mol. The summed E-state index contributed by atoms with van der Waals surface area (Å²) in [7, 11) is 0. The maximum absolute atomic E-state index is 6.13. The van der Waals surface area contributed by atoms with Gasteiger partial charge >= 0.3 is 0 Å². The summed E-state index contributed by atoms with van der Waals surface area (Å²) in [4.78, 5) is 0. The van der Waals surface area contributed by atoms with Crippen LogP contribution in [0.4, 0.5) is 17.1 Å². The molecule has 2 nitrogen and oxygen atoms in total. The van der Waals surface area contributed by atoms with Gasteiger partial charge in [0.25, 0.3) is 0 Å². The van der Waals surface area contributed by atoms with Crippen LogP contribution in [-0.2, 0) is 0 Å². The van der Waals surface area contributed by atoms with Crippen molar-refractivity contribution in [1.82, 2.24) is 0 Å². The molecule has 3 N–H and O–H groups in total. The maximum atomic E-state index is 6.13. The summed E-state index contributed by atoms with van der Waals surface area (Å²) in [5.74, 6) is 0. The van der Waals surface area contributed by atoms with Gasteiger partial charge in [0.2, 0.25) is 0 Å². The highest BCUT2D eigenvalue weighted by atomic mass is 79.9. The molecule has 2 aromatic rings. The smallest absolute Gasteiger partial charge is 0.0838 e. The third kappa shape index (κ3) is 2.86. The number of benzene rings is 2. The Morgan fingerprint density at radius 2 is 1.59 bits per heavy atom. The number of hydrogen-bond donors (Lipinski definition) is 2. The first-order valence-corrected chi connectivity index (χ1v) is 6.39. The van der Waals surface area contributed by atoms with Gasteiger partial charge in [0.05, 0.1) is 15.7 Å². The molecule has 0 aliphatic heterocycles. The van der Waals surface area contributed by atoms with Crippen LogP contribution in [0.25, 0.3) is 0 Å². The fourth-order valence-electron chi connectivity index (χ4n) is 1.34. The van der Waals surface area contributed by atoms with Gasteiger partial charge in [0.1, 0.15) is 0 Å². The van der Waals surface area contributed by atoms with E-state index in [1.54, 1.807) is 0 Å². The average Bonchev–Trinajstić information content (AvgIpc) is 2.33. The molecule has 0 fully saturated rings. The lowest BCUT2D eigenvalue weighted by atomic mass is 10.2. The second-order valence-corrected chi connectivity index (χ2v) is 5.08. The Kier molecular flexibility index (Phi) is 3.82. The molecule has 17 heavy (non-hydrogen) atoms. The van der Waals surface area contributed by atoms with Crippen LogP contribution in [0.2, 0.25) is 10.0 Å². The molecule has 2 rings (SSSR count). The SMILES string of the molecule is Nc1ccc(Nc2ccc(Br)c(Cl)c2Cl)cc1. The highest BCUT2D eigenvalue weighted by Gasteiger charge is 2.08. The van der Waals surface area contributed by atoms with Crippen molar-refractivity contribution in [1.29, 1.82) is 0 Å². The second kappa shape index (κ2) is 5.17. The highest BCUT2D eigenvalue weighted by molar-refractivity contribution is 9.10. The van der Waals surface area contributed by atoms with Gasteiger partial charge in [0.15, 0.2) is 0 Å². The summed E-state index contributed by atoms with van der Waals surface area (Å²) in [6.07, 6.45) is 0. The van der Waals surface area contributed by atoms with Gasteiger partial charge in [-0.3, -0.25) is 0 Å². The summed E-state index contributed by atoms with van der Waals surface area (Å²) >= 11 is 15.5. The molecule has 0 heterocycles. The Morgan fingerprint density at radius 3 is 2.24 bits per heavy atom. The monoisotopic (exact) mass is 330 g/mol. The fourth-order valence-corrected chi connectivity index (χ4v) is 2.17. The zero-order chi connectivity index (χ0) is 12.4. The summed E-state index contributed by atoms with van der Waals surface area (Å²) in [5, 5.41) is 4.15. The van der Waals surface area contributed by atoms with Crippen molar-refractivity contribution in [3.63, 3.8) is 0 Å².